The van der Waals surface area contributed by atoms with Crippen molar-refractivity contribution >= 4 is 21.6 Å². The maximum atomic E-state index is 4.76. The molecule has 0 aliphatic heterocycles. The van der Waals surface area contributed by atoms with Crippen LogP contribution in [-0.4, -0.2) is 9.38 Å². The minimum Gasteiger partial charge on any atom is -0.302 e. The van der Waals surface area contributed by atoms with Gasteiger partial charge < -0.3 is 4.40 Å². The molecule has 2 aromatic rings. The normalized spacial score (nSPS) is 11.2. The van der Waals surface area contributed by atoms with Gasteiger partial charge in [-0.15, -0.1) is 0 Å². The molecule has 0 aliphatic carbocycles. The molecule has 3 heteroatoms. The quantitative estimate of drug-likeness (QED) is 0.833. The third kappa shape index (κ3) is 1.88. The molecular weight excluding hydrogens is 264 g/mol. The minimum absolute atomic E-state index is 1.03. The maximum Gasteiger partial charge on any atom is 0.140 e. The highest BCUT2D eigenvalue weighted by atomic mass is 79.9. The minimum atomic E-state index is 1.03. The Balaban J connectivity index is 2.71. The summed E-state index contributed by atoms with van der Waals surface area (Å²) in [4.78, 5) is 4.76. The molecule has 2 rings (SSSR count). The molecule has 2 nitrogen and oxygen atoms in total. The number of nitrogens with zero attached hydrogens (tertiary/aromatic N) is 2. The molecule has 0 atom stereocenters. The van der Waals surface area contributed by atoms with Gasteiger partial charge in [0.25, 0.3) is 0 Å². The average molecular weight is 281 g/mol. The van der Waals surface area contributed by atoms with Crippen LogP contribution < -0.4 is 0 Å². The summed E-state index contributed by atoms with van der Waals surface area (Å²) in [6.45, 7) is 6.51. The first-order valence-corrected chi connectivity index (χ1v) is 6.62. The number of rotatable bonds is 3. The van der Waals surface area contributed by atoms with Gasteiger partial charge in [-0.05, 0) is 47.3 Å². The first-order chi connectivity index (χ1) is 7.67. The molecule has 0 aliphatic rings. The SMILES string of the molecule is CCCc1nc2c(C)cc(Br)cn2c1CC. The van der Waals surface area contributed by atoms with Crippen molar-refractivity contribution in [2.75, 3.05) is 0 Å². The van der Waals surface area contributed by atoms with Crippen molar-refractivity contribution in [1.29, 1.82) is 0 Å². The Morgan fingerprint density at radius 2 is 2.12 bits per heavy atom. The lowest BCUT2D eigenvalue weighted by Gasteiger charge is -2.03. The molecule has 86 valence electrons. The zero-order valence-electron chi connectivity index (χ0n) is 10.0. The van der Waals surface area contributed by atoms with E-state index in [2.05, 4.69) is 53.4 Å². The Labute approximate surface area is 105 Å². The summed E-state index contributed by atoms with van der Waals surface area (Å²) in [7, 11) is 0. The van der Waals surface area contributed by atoms with Gasteiger partial charge in [-0.3, -0.25) is 0 Å². The van der Waals surface area contributed by atoms with Crippen LogP contribution in [0.3, 0.4) is 0 Å². The van der Waals surface area contributed by atoms with Gasteiger partial charge in [0.15, 0.2) is 0 Å². The summed E-state index contributed by atoms with van der Waals surface area (Å²) >= 11 is 3.55. The molecule has 0 fully saturated rings. The van der Waals surface area contributed by atoms with Crippen molar-refractivity contribution in [2.24, 2.45) is 0 Å². The second-order valence-corrected chi connectivity index (χ2v) is 5.06. The number of fused-ring (bicyclic) bond motifs is 1. The van der Waals surface area contributed by atoms with Crippen LogP contribution in [0.1, 0.15) is 37.2 Å². The second kappa shape index (κ2) is 4.58. The van der Waals surface area contributed by atoms with Gasteiger partial charge in [0.05, 0.1) is 5.69 Å². The highest BCUT2D eigenvalue weighted by Crippen LogP contribution is 2.21. The van der Waals surface area contributed by atoms with Crippen LogP contribution in [0.2, 0.25) is 0 Å². The van der Waals surface area contributed by atoms with Crippen LogP contribution in [-0.2, 0) is 12.8 Å². The number of aryl methyl sites for hydroxylation is 3. The third-order valence-corrected chi connectivity index (χ3v) is 3.31. The molecule has 2 heterocycles. The molecule has 0 radical (unpaired) electrons. The molecule has 0 unspecified atom stereocenters. The first-order valence-electron chi connectivity index (χ1n) is 5.83. The first kappa shape index (κ1) is 11.6. The van der Waals surface area contributed by atoms with Gasteiger partial charge in [0.2, 0.25) is 0 Å². The topological polar surface area (TPSA) is 17.3 Å². The van der Waals surface area contributed by atoms with Gasteiger partial charge in [-0.1, -0.05) is 20.3 Å². The molecule has 0 N–H and O–H groups in total. The number of hydrogen-bond donors (Lipinski definition) is 0. The predicted molar refractivity (Wildman–Crippen MR) is 71.0 cm³/mol. The van der Waals surface area contributed by atoms with Gasteiger partial charge >= 0.3 is 0 Å². The van der Waals surface area contributed by atoms with E-state index in [4.69, 9.17) is 4.98 Å². The summed E-state index contributed by atoms with van der Waals surface area (Å²) in [5.41, 5.74) is 4.93. The van der Waals surface area contributed by atoms with E-state index in [0.717, 1.165) is 29.4 Å². The Bertz CT molecular complexity index is 514. The number of hydrogen-bond acceptors (Lipinski definition) is 1. The van der Waals surface area contributed by atoms with E-state index in [0.29, 0.717) is 0 Å². The van der Waals surface area contributed by atoms with Crippen molar-refractivity contribution in [3.63, 3.8) is 0 Å². The predicted octanol–water partition coefficient (Wildman–Crippen LogP) is 3.92. The fourth-order valence-corrected chi connectivity index (χ4v) is 2.72. The van der Waals surface area contributed by atoms with Crippen LogP contribution in [0.4, 0.5) is 0 Å². The zero-order valence-corrected chi connectivity index (χ0v) is 11.6. The van der Waals surface area contributed by atoms with E-state index >= 15 is 0 Å². The molecule has 2 aromatic heterocycles. The third-order valence-electron chi connectivity index (χ3n) is 2.87. The van der Waals surface area contributed by atoms with Crippen molar-refractivity contribution < 1.29 is 0 Å². The molecular formula is C13H17BrN2. The molecule has 0 amide bonds. The summed E-state index contributed by atoms with van der Waals surface area (Å²) < 4.78 is 3.34. The molecule has 0 spiro atoms. The zero-order chi connectivity index (χ0) is 11.7. The fraction of sp³-hybridized carbons (Fsp3) is 0.462. The van der Waals surface area contributed by atoms with Crippen LogP contribution in [0.15, 0.2) is 16.7 Å². The van der Waals surface area contributed by atoms with E-state index in [1.807, 2.05) is 0 Å². The van der Waals surface area contributed by atoms with E-state index in [-0.39, 0.29) is 0 Å². The monoisotopic (exact) mass is 280 g/mol. The Kier molecular flexibility index (Phi) is 3.33. The lowest BCUT2D eigenvalue weighted by Crippen LogP contribution is -1.95. The fourth-order valence-electron chi connectivity index (χ4n) is 2.17. The van der Waals surface area contributed by atoms with Crippen LogP contribution >= 0.6 is 15.9 Å². The summed E-state index contributed by atoms with van der Waals surface area (Å²) in [6, 6.07) is 2.12. The molecule has 0 saturated carbocycles. The Hall–Kier alpha value is -0.830. The lowest BCUT2D eigenvalue weighted by atomic mass is 10.2. The van der Waals surface area contributed by atoms with Crippen molar-refractivity contribution in [2.45, 2.75) is 40.0 Å². The van der Waals surface area contributed by atoms with Gasteiger partial charge in [0, 0.05) is 16.4 Å². The average Bonchev–Trinajstić information content (AvgIpc) is 2.56. The number of pyridine rings is 1. The van der Waals surface area contributed by atoms with E-state index in [9.17, 15) is 0 Å². The Morgan fingerprint density at radius 3 is 2.75 bits per heavy atom. The highest BCUT2D eigenvalue weighted by molar-refractivity contribution is 9.10. The van der Waals surface area contributed by atoms with Crippen LogP contribution in [0.5, 0.6) is 0 Å². The highest BCUT2D eigenvalue weighted by Gasteiger charge is 2.11. The van der Waals surface area contributed by atoms with Crippen molar-refractivity contribution in [3.8, 4) is 0 Å². The van der Waals surface area contributed by atoms with E-state index in [1.54, 1.807) is 0 Å². The number of imidazole rings is 1. The Morgan fingerprint density at radius 1 is 1.38 bits per heavy atom. The largest absolute Gasteiger partial charge is 0.302 e. The maximum absolute atomic E-state index is 4.76. The summed E-state index contributed by atoms with van der Waals surface area (Å²) in [5.74, 6) is 0. The van der Waals surface area contributed by atoms with Crippen molar-refractivity contribution in [1.82, 2.24) is 9.38 Å². The molecule has 0 saturated heterocycles. The second-order valence-electron chi connectivity index (χ2n) is 4.14. The summed E-state index contributed by atoms with van der Waals surface area (Å²) in [5, 5.41) is 0. The lowest BCUT2D eigenvalue weighted by molar-refractivity contribution is 0.859. The van der Waals surface area contributed by atoms with E-state index in [1.165, 1.54) is 17.0 Å². The van der Waals surface area contributed by atoms with Gasteiger partial charge in [0.1, 0.15) is 5.65 Å². The molecule has 0 aromatic carbocycles. The molecule has 16 heavy (non-hydrogen) atoms. The van der Waals surface area contributed by atoms with Gasteiger partial charge in [-0.25, -0.2) is 4.98 Å². The van der Waals surface area contributed by atoms with E-state index < -0.39 is 0 Å². The van der Waals surface area contributed by atoms with Crippen LogP contribution in [0, 0.1) is 6.92 Å². The number of halogens is 1. The van der Waals surface area contributed by atoms with Crippen LogP contribution in [0.25, 0.3) is 5.65 Å². The van der Waals surface area contributed by atoms with Gasteiger partial charge in [-0.2, -0.15) is 0 Å². The smallest absolute Gasteiger partial charge is 0.140 e. The number of aromatic nitrogens is 2. The molecule has 0 bridgehead atoms. The standard InChI is InChI=1S/C13H17BrN2/c1-4-6-11-12(5-2)16-8-10(14)7-9(3)13(16)15-11/h7-8H,4-6H2,1-3H3. The summed E-state index contributed by atoms with van der Waals surface area (Å²) in [6.07, 6.45) is 5.37. The van der Waals surface area contributed by atoms with Crippen molar-refractivity contribution in [3.05, 3.63) is 33.7 Å².